The van der Waals surface area contributed by atoms with E-state index in [1.807, 2.05) is 0 Å². The van der Waals surface area contributed by atoms with Gasteiger partial charge in [-0.1, -0.05) is 13.0 Å². The third-order valence-electron chi connectivity index (χ3n) is 2.36. The van der Waals surface area contributed by atoms with E-state index in [1.54, 1.807) is 6.07 Å². The molecule has 0 amide bonds. The van der Waals surface area contributed by atoms with Crippen molar-refractivity contribution in [3.05, 3.63) is 29.6 Å². The van der Waals surface area contributed by atoms with Crippen molar-refractivity contribution < 1.29 is 8.60 Å². The van der Waals surface area contributed by atoms with E-state index in [-0.39, 0.29) is 5.82 Å². The summed E-state index contributed by atoms with van der Waals surface area (Å²) in [6.07, 6.45) is 0.856. The number of hydrogen-bond donors (Lipinski definition) is 1. The van der Waals surface area contributed by atoms with E-state index in [4.69, 9.17) is 0 Å². The third-order valence-corrected chi connectivity index (χ3v) is 3.57. The maximum atomic E-state index is 12.9. The van der Waals surface area contributed by atoms with Crippen LogP contribution in [0.25, 0.3) is 0 Å². The van der Waals surface area contributed by atoms with Crippen molar-refractivity contribution in [1.82, 2.24) is 4.72 Å². The molecule has 76 valence electrons. The van der Waals surface area contributed by atoms with Gasteiger partial charge in [-0.25, -0.2) is 13.3 Å². The second-order valence-electron chi connectivity index (χ2n) is 3.68. The minimum absolute atomic E-state index is 0.326. The maximum absolute atomic E-state index is 12.9. The highest BCUT2D eigenvalue weighted by Gasteiger charge is 2.18. The van der Waals surface area contributed by atoms with Crippen molar-refractivity contribution in [2.45, 2.75) is 18.2 Å². The first-order valence-corrected chi connectivity index (χ1v) is 5.75. The zero-order valence-electron chi connectivity index (χ0n) is 7.92. The molecule has 0 spiro atoms. The van der Waals surface area contributed by atoms with Crippen LogP contribution < -0.4 is 4.72 Å². The summed E-state index contributed by atoms with van der Waals surface area (Å²) in [5, 5.41) is 0. The quantitative estimate of drug-likeness (QED) is 0.697. The van der Waals surface area contributed by atoms with E-state index in [0.717, 1.165) is 12.0 Å². The molecule has 2 unspecified atom stereocenters. The van der Waals surface area contributed by atoms with Crippen molar-refractivity contribution in [2.24, 2.45) is 5.92 Å². The van der Waals surface area contributed by atoms with Gasteiger partial charge in [-0.3, -0.25) is 0 Å². The number of hydrogen-bond acceptors (Lipinski definition) is 1. The highest BCUT2D eigenvalue weighted by atomic mass is 32.2. The Hall–Kier alpha value is -0.740. The highest BCUT2D eigenvalue weighted by molar-refractivity contribution is 7.83. The molecule has 0 aliphatic carbocycles. The van der Waals surface area contributed by atoms with E-state index in [9.17, 15) is 8.60 Å². The lowest BCUT2D eigenvalue weighted by molar-refractivity contribution is 0.571. The average molecular weight is 213 g/mol. The fourth-order valence-electron chi connectivity index (χ4n) is 1.61. The molecule has 2 atom stereocenters. The molecule has 1 aliphatic rings. The van der Waals surface area contributed by atoms with Crippen LogP contribution in [0, 0.1) is 11.7 Å². The predicted octanol–water partition coefficient (Wildman–Crippen LogP) is 1.63. The van der Waals surface area contributed by atoms with Gasteiger partial charge in [0.15, 0.2) is 0 Å². The van der Waals surface area contributed by atoms with Crippen molar-refractivity contribution in [3.8, 4) is 0 Å². The zero-order chi connectivity index (χ0) is 10.1. The van der Waals surface area contributed by atoms with Crippen LogP contribution in [0.5, 0.6) is 0 Å². The molecule has 1 aliphatic heterocycles. The summed E-state index contributed by atoms with van der Waals surface area (Å²) < 4.78 is 27.5. The number of fused-ring (bicyclic) bond motifs is 1. The molecular formula is C10H12FNOS. The Labute approximate surface area is 85.1 Å². The minimum atomic E-state index is -1.25. The lowest BCUT2D eigenvalue weighted by Crippen LogP contribution is -2.20. The van der Waals surface area contributed by atoms with E-state index in [2.05, 4.69) is 11.6 Å². The monoisotopic (exact) mass is 213 g/mol. The van der Waals surface area contributed by atoms with Crippen LogP contribution >= 0.6 is 0 Å². The number of benzene rings is 1. The summed E-state index contributed by atoms with van der Waals surface area (Å²) in [5.41, 5.74) is 0.988. The van der Waals surface area contributed by atoms with Gasteiger partial charge in [-0.2, -0.15) is 0 Å². The minimum Gasteiger partial charge on any atom is -0.237 e. The highest BCUT2D eigenvalue weighted by Crippen LogP contribution is 2.21. The SMILES string of the molecule is CC1CNS(=O)c2cc(F)ccc2C1. The lowest BCUT2D eigenvalue weighted by Gasteiger charge is -2.05. The van der Waals surface area contributed by atoms with Crippen LogP contribution in [0.15, 0.2) is 23.1 Å². The Kier molecular flexibility index (Phi) is 2.65. The first kappa shape index (κ1) is 9.80. The normalized spacial score (nSPS) is 26.7. The molecule has 0 radical (unpaired) electrons. The predicted molar refractivity (Wildman–Crippen MR) is 53.7 cm³/mol. The molecule has 2 nitrogen and oxygen atoms in total. The van der Waals surface area contributed by atoms with Crippen LogP contribution in [0.4, 0.5) is 4.39 Å². The summed E-state index contributed by atoms with van der Waals surface area (Å²) >= 11 is 0. The molecule has 2 rings (SSSR count). The van der Waals surface area contributed by atoms with Gasteiger partial charge < -0.3 is 0 Å². The molecule has 0 aromatic heterocycles. The van der Waals surface area contributed by atoms with Crippen LogP contribution in [-0.2, 0) is 17.4 Å². The molecule has 1 heterocycles. The molecule has 1 N–H and O–H groups in total. The Morgan fingerprint density at radius 3 is 3.14 bits per heavy atom. The summed E-state index contributed by atoms with van der Waals surface area (Å²) in [7, 11) is -1.25. The summed E-state index contributed by atoms with van der Waals surface area (Å²) in [6.45, 7) is 2.80. The molecule has 4 heteroatoms. The zero-order valence-corrected chi connectivity index (χ0v) is 8.73. The number of rotatable bonds is 0. The number of nitrogens with one attached hydrogen (secondary N) is 1. The fourth-order valence-corrected chi connectivity index (χ4v) is 2.81. The van der Waals surface area contributed by atoms with Gasteiger partial charge in [0.05, 0.1) is 4.90 Å². The second-order valence-corrected chi connectivity index (χ2v) is 4.94. The van der Waals surface area contributed by atoms with Gasteiger partial charge in [-0.15, -0.1) is 0 Å². The smallest absolute Gasteiger partial charge is 0.125 e. The molecule has 1 aromatic rings. The van der Waals surface area contributed by atoms with E-state index in [1.165, 1.54) is 12.1 Å². The van der Waals surface area contributed by atoms with E-state index < -0.39 is 11.0 Å². The third kappa shape index (κ3) is 1.86. The molecule has 1 aromatic carbocycles. The van der Waals surface area contributed by atoms with Gasteiger partial charge >= 0.3 is 0 Å². The van der Waals surface area contributed by atoms with Crippen LogP contribution in [0.2, 0.25) is 0 Å². The topological polar surface area (TPSA) is 29.1 Å². The summed E-state index contributed by atoms with van der Waals surface area (Å²) in [5.74, 6) is 0.110. The Bertz CT molecular complexity index is 380. The standard InChI is InChI=1S/C10H12FNOS/c1-7-4-8-2-3-9(11)5-10(8)14(13)12-6-7/h2-3,5,7,12H,4,6H2,1H3. The van der Waals surface area contributed by atoms with Crippen molar-refractivity contribution in [2.75, 3.05) is 6.54 Å². The van der Waals surface area contributed by atoms with Gasteiger partial charge in [-0.05, 0) is 30.0 Å². The molecule has 14 heavy (non-hydrogen) atoms. The van der Waals surface area contributed by atoms with Crippen molar-refractivity contribution in [3.63, 3.8) is 0 Å². The molecule has 0 bridgehead atoms. The molecule has 0 fully saturated rings. The van der Waals surface area contributed by atoms with Crippen LogP contribution in [-0.4, -0.2) is 10.8 Å². The first-order valence-electron chi connectivity index (χ1n) is 4.60. The van der Waals surface area contributed by atoms with Gasteiger partial charge in [0.1, 0.15) is 16.8 Å². The Morgan fingerprint density at radius 1 is 1.57 bits per heavy atom. The Balaban J connectivity index is 2.47. The van der Waals surface area contributed by atoms with Gasteiger partial charge in [0.2, 0.25) is 0 Å². The summed E-state index contributed by atoms with van der Waals surface area (Å²) in [4.78, 5) is 0.592. The fraction of sp³-hybridized carbons (Fsp3) is 0.400. The molecule has 0 saturated heterocycles. The van der Waals surface area contributed by atoms with E-state index in [0.29, 0.717) is 17.4 Å². The van der Waals surface area contributed by atoms with Gasteiger partial charge in [0, 0.05) is 6.54 Å². The Morgan fingerprint density at radius 2 is 2.36 bits per heavy atom. The maximum Gasteiger partial charge on any atom is 0.125 e. The first-order chi connectivity index (χ1) is 6.66. The van der Waals surface area contributed by atoms with Gasteiger partial charge in [0.25, 0.3) is 0 Å². The largest absolute Gasteiger partial charge is 0.237 e. The molecular weight excluding hydrogens is 201 g/mol. The lowest BCUT2D eigenvalue weighted by atomic mass is 10.0. The second kappa shape index (κ2) is 3.79. The van der Waals surface area contributed by atoms with Crippen LogP contribution in [0.3, 0.4) is 0 Å². The van der Waals surface area contributed by atoms with Crippen molar-refractivity contribution in [1.29, 1.82) is 0 Å². The van der Waals surface area contributed by atoms with Crippen molar-refractivity contribution >= 4 is 11.0 Å². The average Bonchev–Trinajstić information content (AvgIpc) is 2.29. The molecule has 0 saturated carbocycles. The van der Waals surface area contributed by atoms with E-state index >= 15 is 0 Å². The number of halogens is 1. The van der Waals surface area contributed by atoms with Crippen LogP contribution in [0.1, 0.15) is 12.5 Å². The summed E-state index contributed by atoms with van der Waals surface area (Å²) in [6, 6.07) is 4.51.